The number of nitrogens with zero attached hydrogens (tertiary/aromatic N) is 1. The molecule has 0 amide bonds. The first-order valence-corrected chi connectivity index (χ1v) is 8.03. The second-order valence-corrected chi connectivity index (χ2v) is 5.89. The second kappa shape index (κ2) is 6.28. The fourth-order valence-electron chi connectivity index (χ4n) is 3.03. The third-order valence-electron chi connectivity index (χ3n) is 4.27. The van der Waals surface area contributed by atoms with E-state index in [4.69, 9.17) is 4.99 Å². The molecule has 1 atom stereocenters. The number of rotatable bonds is 2. The molecule has 3 aromatic carbocycles. The maximum Gasteiger partial charge on any atom is 0.123 e. The zero-order chi connectivity index (χ0) is 16.4. The van der Waals surface area contributed by atoms with Crippen molar-refractivity contribution < 1.29 is 4.39 Å². The molecule has 0 aliphatic carbocycles. The summed E-state index contributed by atoms with van der Waals surface area (Å²) in [6, 6.07) is 25.0. The van der Waals surface area contributed by atoms with Gasteiger partial charge in [0.15, 0.2) is 0 Å². The second-order valence-electron chi connectivity index (χ2n) is 5.89. The van der Waals surface area contributed by atoms with Gasteiger partial charge in [-0.3, -0.25) is 4.99 Å². The summed E-state index contributed by atoms with van der Waals surface area (Å²) in [6.07, 6.45) is 0.740. The molecule has 3 aromatic rings. The topological polar surface area (TPSA) is 24.4 Å². The molecule has 0 bridgehead atoms. The molecule has 24 heavy (non-hydrogen) atoms. The fourth-order valence-corrected chi connectivity index (χ4v) is 3.03. The lowest BCUT2D eigenvalue weighted by Crippen LogP contribution is -2.14. The van der Waals surface area contributed by atoms with Crippen LogP contribution in [0.1, 0.15) is 23.6 Å². The lowest BCUT2D eigenvalue weighted by atomic mass is 9.97. The first kappa shape index (κ1) is 14.6. The summed E-state index contributed by atoms with van der Waals surface area (Å²) in [4.78, 5) is 4.88. The zero-order valence-corrected chi connectivity index (χ0v) is 13.1. The number of halogens is 1. The summed E-state index contributed by atoms with van der Waals surface area (Å²) in [7, 11) is 0. The minimum absolute atomic E-state index is 0.0493. The van der Waals surface area contributed by atoms with Gasteiger partial charge in [-0.25, -0.2) is 4.39 Å². The highest BCUT2D eigenvalue weighted by molar-refractivity contribution is 6.04. The Kier molecular flexibility index (Phi) is 3.83. The van der Waals surface area contributed by atoms with Crippen LogP contribution in [0.2, 0.25) is 0 Å². The average Bonchev–Trinajstić information content (AvgIpc) is 2.83. The molecule has 0 saturated carbocycles. The van der Waals surface area contributed by atoms with Crippen molar-refractivity contribution in [3.8, 4) is 0 Å². The van der Waals surface area contributed by atoms with E-state index in [1.807, 2.05) is 54.6 Å². The number of anilines is 1. The Hall–Kier alpha value is -2.94. The molecular weight excluding hydrogens is 299 g/mol. The van der Waals surface area contributed by atoms with E-state index in [2.05, 4.69) is 17.4 Å². The highest BCUT2D eigenvalue weighted by Gasteiger charge is 2.20. The standard InChI is InChI=1S/C21H17FN2/c22-17-12-10-16(11-13-17)21-14-20(15-6-2-1-3-7-15)23-18-8-4-5-9-19(18)24-21/h1-13,21,24H,14H2. The molecular formula is C21H17FN2. The van der Waals surface area contributed by atoms with Crippen LogP contribution in [0.5, 0.6) is 0 Å². The van der Waals surface area contributed by atoms with E-state index in [9.17, 15) is 4.39 Å². The predicted molar refractivity (Wildman–Crippen MR) is 96.5 cm³/mol. The number of fused-ring (bicyclic) bond motifs is 1. The van der Waals surface area contributed by atoms with E-state index < -0.39 is 0 Å². The maximum absolute atomic E-state index is 13.3. The number of nitrogens with one attached hydrogen (secondary N) is 1. The number of para-hydroxylation sites is 2. The third-order valence-corrected chi connectivity index (χ3v) is 4.27. The first-order valence-electron chi connectivity index (χ1n) is 8.03. The Labute approximate surface area is 140 Å². The van der Waals surface area contributed by atoms with Crippen molar-refractivity contribution >= 4 is 17.1 Å². The highest BCUT2D eigenvalue weighted by Crippen LogP contribution is 2.35. The molecule has 0 saturated heterocycles. The van der Waals surface area contributed by atoms with Crippen LogP contribution in [-0.2, 0) is 0 Å². The monoisotopic (exact) mass is 316 g/mol. The van der Waals surface area contributed by atoms with Crippen molar-refractivity contribution in [2.24, 2.45) is 4.99 Å². The smallest absolute Gasteiger partial charge is 0.123 e. The van der Waals surface area contributed by atoms with E-state index in [-0.39, 0.29) is 11.9 Å². The Bertz CT molecular complexity index is 870. The van der Waals surface area contributed by atoms with Crippen molar-refractivity contribution in [2.45, 2.75) is 12.5 Å². The molecule has 1 heterocycles. The lowest BCUT2D eigenvalue weighted by molar-refractivity contribution is 0.626. The quantitative estimate of drug-likeness (QED) is 0.663. The minimum Gasteiger partial charge on any atom is -0.376 e. The van der Waals surface area contributed by atoms with Gasteiger partial charge in [0.1, 0.15) is 5.82 Å². The number of hydrogen-bond acceptors (Lipinski definition) is 2. The molecule has 0 aromatic heterocycles. The van der Waals surface area contributed by atoms with E-state index in [0.29, 0.717) is 0 Å². The van der Waals surface area contributed by atoms with Gasteiger partial charge < -0.3 is 5.32 Å². The highest BCUT2D eigenvalue weighted by atomic mass is 19.1. The molecule has 1 aliphatic rings. The maximum atomic E-state index is 13.3. The summed E-state index contributed by atoms with van der Waals surface area (Å²) in [5.41, 5.74) is 5.13. The molecule has 0 radical (unpaired) electrons. The van der Waals surface area contributed by atoms with Crippen LogP contribution in [0, 0.1) is 5.82 Å². The lowest BCUT2D eigenvalue weighted by Gasteiger charge is -2.19. The minimum atomic E-state index is -0.218. The van der Waals surface area contributed by atoms with Gasteiger partial charge in [0.25, 0.3) is 0 Å². The summed E-state index contributed by atoms with van der Waals surface area (Å²) in [5.74, 6) is -0.218. The largest absolute Gasteiger partial charge is 0.376 e. The normalized spacial score (nSPS) is 16.5. The Morgan fingerprint density at radius 1 is 0.833 bits per heavy atom. The van der Waals surface area contributed by atoms with Crippen molar-refractivity contribution in [1.29, 1.82) is 0 Å². The molecule has 0 fully saturated rings. The van der Waals surface area contributed by atoms with Gasteiger partial charge >= 0.3 is 0 Å². The van der Waals surface area contributed by atoms with Gasteiger partial charge in [0, 0.05) is 6.42 Å². The molecule has 3 heteroatoms. The van der Waals surface area contributed by atoms with Crippen LogP contribution in [0.4, 0.5) is 15.8 Å². The molecule has 4 rings (SSSR count). The SMILES string of the molecule is Fc1ccc(C2CC(c3ccccc3)=Nc3ccccc3N2)cc1. The zero-order valence-electron chi connectivity index (χ0n) is 13.1. The fraction of sp³-hybridized carbons (Fsp3) is 0.0952. The summed E-state index contributed by atoms with van der Waals surface area (Å²) in [5, 5.41) is 3.56. The number of hydrogen-bond donors (Lipinski definition) is 1. The Morgan fingerprint density at radius 3 is 2.33 bits per heavy atom. The van der Waals surface area contributed by atoms with Crippen LogP contribution in [0.15, 0.2) is 83.9 Å². The molecule has 1 aliphatic heterocycles. The first-order chi connectivity index (χ1) is 11.8. The molecule has 1 N–H and O–H groups in total. The Balaban J connectivity index is 1.79. The average molecular weight is 316 g/mol. The molecule has 1 unspecified atom stereocenters. The van der Waals surface area contributed by atoms with Crippen molar-refractivity contribution in [1.82, 2.24) is 0 Å². The van der Waals surface area contributed by atoms with Crippen LogP contribution in [0.25, 0.3) is 0 Å². The van der Waals surface area contributed by atoms with Gasteiger partial charge in [-0.1, -0.05) is 54.6 Å². The van der Waals surface area contributed by atoms with Crippen molar-refractivity contribution in [3.63, 3.8) is 0 Å². The van der Waals surface area contributed by atoms with Gasteiger partial charge in [0.05, 0.1) is 23.1 Å². The third kappa shape index (κ3) is 2.93. The van der Waals surface area contributed by atoms with E-state index in [1.165, 1.54) is 12.1 Å². The summed E-state index contributed by atoms with van der Waals surface area (Å²) in [6.45, 7) is 0. The predicted octanol–water partition coefficient (Wildman–Crippen LogP) is 5.50. The summed E-state index contributed by atoms with van der Waals surface area (Å²) >= 11 is 0. The van der Waals surface area contributed by atoms with E-state index in [1.54, 1.807) is 0 Å². The van der Waals surface area contributed by atoms with Gasteiger partial charge in [-0.15, -0.1) is 0 Å². The number of benzene rings is 3. The van der Waals surface area contributed by atoms with Crippen molar-refractivity contribution in [2.75, 3.05) is 5.32 Å². The van der Waals surface area contributed by atoms with Gasteiger partial charge in [-0.2, -0.15) is 0 Å². The molecule has 118 valence electrons. The van der Waals surface area contributed by atoms with Crippen LogP contribution >= 0.6 is 0 Å². The molecule has 2 nitrogen and oxygen atoms in total. The van der Waals surface area contributed by atoms with Crippen molar-refractivity contribution in [3.05, 3.63) is 95.8 Å². The van der Waals surface area contributed by atoms with E-state index in [0.717, 1.165) is 34.6 Å². The molecule has 0 spiro atoms. The van der Waals surface area contributed by atoms with Gasteiger partial charge in [-0.05, 0) is 35.4 Å². The van der Waals surface area contributed by atoms with Crippen LogP contribution < -0.4 is 5.32 Å². The van der Waals surface area contributed by atoms with E-state index >= 15 is 0 Å². The number of aliphatic imine (C=N–C) groups is 1. The van der Waals surface area contributed by atoms with Crippen LogP contribution in [0.3, 0.4) is 0 Å². The van der Waals surface area contributed by atoms with Crippen LogP contribution in [-0.4, -0.2) is 5.71 Å². The summed E-state index contributed by atoms with van der Waals surface area (Å²) < 4.78 is 13.3. The Morgan fingerprint density at radius 2 is 1.54 bits per heavy atom. The van der Waals surface area contributed by atoms with Gasteiger partial charge in [0.2, 0.25) is 0 Å².